The van der Waals surface area contributed by atoms with Crippen molar-refractivity contribution in [2.24, 2.45) is 29.6 Å². The maximum absolute atomic E-state index is 16.6. The number of carbonyl (C=O) groups excluding carboxylic acids is 10. The Balaban J connectivity index is 0.943. The molecule has 644 valence electrons. The molecule has 36 nitrogen and oxygen atoms in total. The third kappa shape index (κ3) is 18.6. The summed E-state index contributed by atoms with van der Waals surface area (Å²) < 4.78 is 43.3. The molecule has 4 aliphatic carbocycles. The van der Waals surface area contributed by atoms with Crippen LogP contribution in [-0.4, -0.2) is 210 Å². The van der Waals surface area contributed by atoms with Gasteiger partial charge in [-0.25, -0.2) is 4.79 Å². The number of phenolic OH excluding ortho intramolecular Hbond substituents is 3. The first-order valence-electron chi connectivity index (χ1n) is 39.8. The van der Waals surface area contributed by atoms with E-state index in [0.29, 0.717) is 24.9 Å². The first kappa shape index (κ1) is 86.1. The van der Waals surface area contributed by atoms with Gasteiger partial charge in [0.15, 0.2) is 29.1 Å². The van der Waals surface area contributed by atoms with Crippen LogP contribution in [0, 0.1) is 29.6 Å². The number of hydrogen-bond donors (Lipinski definition) is 19. The number of fused-ring (bicyclic) bond motifs is 16. The van der Waals surface area contributed by atoms with Gasteiger partial charge in [0.1, 0.15) is 109 Å². The van der Waals surface area contributed by atoms with Crippen LogP contribution in [0.2, 0.25) is 10.0 Å². The molecule has 6 aromatic carbocycles. The second kappa shape index (κ2) is 36.6. The monoisotopic (exact) mass is 1710 g/mol. The van der Waals surface area contributed by atoms with Crippen LogP contribution in [-0.2, 0) is 47.8 Å². The summed E-state index contributed by atoms with van der Waals surface area (Å²) in [6, 6.07) is 4.05. The number of aliphatic hydroxyl groups is 4. The maximum atomic E-state index is 16.6. The summed E-state index contributed by atoms with van der Waals surface area (Å²) in [4.78, 5) is 152. The normalized spacial score (nSPS) is 27.5. The van der Waals surface area contributed by atoms with Crippen LogP contribution in [0.15, 0.2) is 97.1 Å². The van der Waals surface area contributed by atoms with Gasteiger partial charge >= 0.3 is 6.09 Å². The number of aliphatic hydroxyl groups excluding tert-OH is 4. The fourth-order valence-corrected chi connectivity index (χ4v) is 17.7. The van der Waals surface area contributed by atoms with Crippen LogP contribution in [0.5, 0.6) is 57.5 Å². The number of hydrogen-bond acceptors (Lipinski definition) is 27. The van der Waals surface area contributed by atoms with Crippen LogP contribution in [0.4, 0.5) is 4.79 Å². The molecule has 19 N–H and O–H groups in total. The topological polar surface area (TPSA) is 521 Å². The van der Waals surface area contributed by atoms with E-state index in [1.165, 1.54) is 49.5 Å². The molecule has 4 saturated carbocycles. The summed E-state index contributed by atoms with van der Waals surface area (Å²) in [5.74, 6) is -14.2. The second-order valence-corrected chi connectivity index (χ2v) is 32.7. The minimum absolute atomic E-state index is 0.0631. The Hall–Kier alpha value is -11.3. The summed E-state index contributed by atoms with van der Waals surface area (Å²) in [5, 5.41) is 116. The molecular formula is C83H94Cl2N12O24. The average molecular weight is 1710 g/mol. The number of nitrogens with one attached hydrogen (secondary N) is 12. The zero-order valence-corrected chi connectivity index (χ0v) is 67.6. The first-order chi connectivity index (χ1) is 57.9. The minimum Gasteiger partial charge on any atom is -0.508 e. The van der Waals surface area contributed by atoms with E-state index in [9.17, 15) is 54.9 Å². The highest BCUT2D eigenvalue weighted by Gasteiger charge is 2.53. The minimum atomic E-state index is -2.39. The molecule has 17 rings (SSSR count). The van der Waals surface area contributed by atoms with Crippen LogP contribution in [0.3, 0.4) is 0 Å². The number of rotatable bonds is 20. The van der Waals surface area contributed by atoms with Gasteiger partial charge in [-0.1, -0.05) is 55.2 Å². The number of halogens is 2. The third-order valence-electron chi connectivity index (χ3n) is 23.1. The number of benzene rings is 6. The van der Waals surface area contributed by atoms with Crippen molar-refractivity contribution in [1.29, 1.82) is 0 Å². The molecule has 0 radical (unpaired) electrons. The molecule has 121 heavy (non-hydrogen) atoms. The summed E-state index contributed by atoms with van der Waals surface area (Å²) in [6.45, 7) is 4.40. The van der Waals surface area contributed by atoms with E-state index in [1.54, 1.807) is 14.1 Å². The largest absolute Gasteiger partial charge is 0.508 e. The van der Waals surface area contributed by atoms with Crippen molar-refractivity contribution >= 4 is 82.5 Å². The molecule has 38 heteroatoms. The number of amides is 10. The predicted octanol–water partition coefficient (Wildman–Crippen LogP) is 3.15. The lowest BCUT2D eigenvalue weighted by molar-refractivity contribution is -0.275. The molecule has 10 amide bonds. The van der Waals surface area contributed by atoms with Crippen molar-refractivity contribution < 1.29 is 117 Å². The predicted molar refractivity (Wildman–Crippen MR) is 428 cm³/mol. The Morgan fingerprint density at radius 1 is 0.603 bits per heavy atom. The molecule has 15 bridgehead atoms. The Kier molecular flexibility index (Phi) is 26.0. The van der Waals surface area contributed by atoms with Crippen LogP contribution in [0.25, 0.3) is 11.1 Å². The summed E-state index contributed by atoms with van der Waals surface area (Å²) in [6.07, 6.45) is -10.6. The number of ether oxygens (including phenoxy) is 7. The number of imide groups is 1. The Morgan fingerprint density at radius 3 is 1.86 bits per heavy atom. The maximum Gasteiger partial charge on any atom is 0.407 e. The number of aromatic hydroxyl groups is 3. The molecular weight excluding hydrogens is 1620 g/mol. The van der Waals surface area contributed by atoms with Crippen molar-refractivity contribution in [3.05, 3.63) is 140 Å². The van der Waals surface area contributed by atoms with Crippen molar-refractivity contribution in [3.8, 4) is 68.6 Å². The molecule has 0 spiro atoms. The molecule has 0 aromatic heterocycles. The fourth-order valence-electron chi connectivity index (χ4n) is 17.3. The van der Waals surface area contributed by atoms with Gasteiger partial charge in [-0.3, -0.25) is 48.5 Å². The Bertz CT molecular complexity index is 5010. The van der Waals surface area contributed by atoms with E-state index in [2.05, 4.69) is 63.8 Å². The first-order valence-corrected chi connectivity index (χ1v) is 40.5. The average Bonchev–Trinajstić information content (AvgIpc) is 0.744. The molecule has 11 aliphatic rings. The molecule has 0 unspecified atom stereocenters. The van der Waals surface area contributed by atoms with Crippen LogP contribution < -0.4 is 87.5 Å². The van der Waals surface area contributed by atoms with E-state index in [-0.39, 0.29) is 117 Å². The SMILES string of the molecule is CNCCOc1ccc(C(=O)NC(=O)C[C@@H]2NC(=O)[C@H](NC(=O)[C@@H](CC(C)C)NC)[C@H](O)c3ccc(c(Cl)c3)Oc3cc4cc(c3O[C@@H]3O[C@@H]5CNC(=O)O[C@H]5[C@H](O)[C@H]3O)Oc3ccc(cc3Cl)[C@@H](O)[C@@H]3NC(=O)[C@H](NC(=O)[C@@H]4NC2=O)c2ccc(O)c(c2)-c2c(O)cc(O)cc2[C@@H](C(=O)NC2C4CC5CC(C4)CC2C5)NC3=O)cc1OCCNC. The molecule has 7 aliphatic heterocycles. The number of phenols is 3. The highest BCUT2D eigenvalue weighted by atomic mass is 35.5. The van der Waals surface area contributed by atoms with E-state index >= 15 is 28.8 Å². The number of alkyl carbamates (subject to hydrolysis) is 1. The molecule has 6 aromatic rings. The zero-order valence-electron chi connectivity index (χ0n) is 66.1. The lowest BCUT2D eigenvalue weighted by Gasteiger charge is -2.54. The van der Waals surface area contributed by atoms with Gasteiger partial charge in [-0.2, -0.15) is 0 Å². The zero-order chi connectivity index (χ0) is 86.1. The van der Waals surface area contributed by atoms with Gasteiger partial charge in [0.2, 0.25) is 59.3 Å². The molecule has 2 saturated heterocycles. The van der Waals surface area contributed by atoms with Crippen LogP contribution >= 0.6 is 23.2 Å². The highest BCUT2D eigenvalue weighted by Crippen LogP contribution is 2.55. The third-order valence-corrected chi connectivity index (χ3v) is 23.7. The molecule has 14 atom stereocenters. The smallest absolute Gasteiger partial charge is 0.407 e. The van der Waals surface area contributed by atoms with E-state index in [1.807, 2.05) is 13.8 Å². The van der Waals surface area contributed by atoms with Gasteiger partial charge in [-0.15, -0.1) is 0 Å². The van der Waals surface area contributed by atoms with E-state index < -0.39 is 196 Å². The lowest BCUT2D eigenvalue weighted by atomic mass is 9.54. The van der Waals surface area contributed by atoms with Crippen molar-refractivity contribution in [1.82, 2.24) is 63.8 Å². The quantitative estimate of drug-likeness (QED) is 0.0488. The van der Waals surface area contributed by atoms with Gasteiger partial charge in [0, 0.05) is 41.9 Å². The summed E-state index contributed by atoms with van der Waals surface area (Å²) in [5.41, 5.74) is -2.36. The number of carbonyl (C=O) groups is 10. The van der Waals surface area contributed by atoms with Gasteiger partial charge in [-0.05, 0) is 190 Å². The Labute approximate surface area is 702 Å². The van der Waals surface area contributed by atoms with E-state index in [4.69, 9.17) is 56.4 Å². The standard InChI is InChI=1S/C83H94Cl2N12O24/c1-34(2)18-49(88-5)75(107)96-66-68(102)38-7-11-53(47(84)25-38)117-57-28-43-29-58(72(57)120-82-71(105)70(104)73-59(119-82)33-89-83(114)121-73)118-54-12-8-39(26-48(54)85)69(103)67-81(113)95-65(79(111)92-62-41-20-35-19-36(22-41)23-42(62)21-35)46-30-44(98)31-52(100)61(46)45-24-37(6-10-51(45)99)63(77(109)97-67)94-78(110)64(43)93-76(108)50(90-80(66)112)32-60(101)91-74(106)40-9-13-55(115-16-14-86-3)56(27-40)116-17-15-87-4/h6-13,24-31,34-36,41-42,49-50,59,62-71,73,82,86-88,98-100,102-105H,14-23,32-33H2,1-5H3,(H,89,114)(H,90,112)(H,92,111)(H,93,108)(H,94,110)(H,95,113)(H,96,107)(H,97,109)(H,91,101,106)/t35?,36?,41?,42?,49-,50+,59-,62?,63-,64-,65+,66-,67+,68-,69-,70-,71-,73-,82+/m1/s1. The van der Waals surface area contributed by atoms with Crippen molar-refractivity contribution in [3.63, 3.8) is 0 Å². The van der Waals surface area contributed by atoms with Gasteiger partial charge in [0.25, 0.3) is 5.91 Å². The Morgan fingerprint density at radius 2 is 1.22 bits per heavy atom. The fraction of sp³-hybridized carbons (Fsp3) is 0.446. The van der Waals surface area contributed by atoms with E-state index in [0.717, 1.165) is 86.7 Å². The van der Waals surface area contributed by atoms with Crippen molar-refractivity contribution in [2.75, 3.05) is 54.0 Å². The van der Waals surface area contributed by atoms with Gasteiger partial charge < -0.3 is 127 Å². The van der Waals surface area contributed by atoms with Crippen LogP contribution in [0.1, 0.15) is 127 Å². The summed E-state index contributed by atoms with van der Waals surface area (Å²) >= 11 is 14.4. The van der Waals surface area contributed by atoms with Crippen molar-refractivity contribution in [2.45, 2.75) is 150 Å². The lowest BCUT2D eigenvalue weighted by Crippen LogP contribution is -2.65. The summed E-state index contributed by atoms with van der Waals surface area (Å²) in [7, 11) is 4.88. The molecule has 7 heterocycles. The molecule has 6 fully saturated rings. The second-order valence-electron chi connectivity index (χ2n) is 31.9. The highest BCUT2D eigenvalue weighted by molar-refractivity contribution is 6.32. The number of likely N-dealkylation sites (N-methyl/N-ethyl adjacent to an activating group) is 3. The van der Waals surface area contributed by atoms with Gasteiger partial charge in [0.05, 0.1) is 29.1 Å².